The molecule has 0 heterocycles. The Bertz CT molecular complexity index is 202. The molecule has 11 heavy (non-hydrogen) atoms. The molecule has 62 valence electrons. The lowest BCUT2D eigenvalue weighted by Gasteiger charge is -2.29. The van der Waals surface area contributed by atoms with Gasteiger partial charge in [-0.2, -0.15) is 0 Å². The molecule has 1 aliphatic rings. The molecule has 0 bridgehead atoms. The molecule has 0 saturated carbocycles. The van der Waals surface area contributed by atoms with Crippen LogP contribution in [-0.2, 0) is 0 Å². The molecule has 0 amide bonds. The molecule has 0 saturated heterocycles. The van der Waals surface area contributed by atoms with Crippen LogP contribution in [0.2, 0.25) is 0 Å². The lowest BCUT2D eigenvalue weighted by Crippen LogP contribution is -2.19. The zero-order valence-electron chi connectivity index (χ0n) is 7.31. The maximum atomic E-state index is 5.21. The van der Waals surface area contributed by atoms with Gasteiger partial charge in [-0.3, -0.25) is 0 Å². The van der Waals surface area contributed by atoms with Crippen LogP contribution in [0.5, 0.6) is 0 Å². The summed E-state index contributed by atoms with van der Waals surface area (Å²) in [5.41, 5.74) is 0.393. The van der Waals surface area contributed by atoms with Crippen LogP contribution < -0.4 is 0 Å². The van der Waals surface area contributed by atoms with Crippen molar-refractivity contribution in [2.75, 3.05) is 6.26 Å². The number of thiocarbonyl (C=S) groups is 1. The molecule has 0 N–H and O–H groups in total. The number of hydrogen-bond donors (Lipinski definition) is 0. The lowest BCUT2D eigenvalue weighted by molar-refractivity contribution is 0.383. The van der Waals surface area contributed by atoms with E-state index in [4.69, 9.17) is 12.2 Å². The molecule has 1 rings (SSSR count). The fourth-order valence-corrected chi connectivity index (χ4v) is 2.82. The van der Waals surface area contributed by atoms with Crippen LogP contribution in [0.4, 0.5) is 0 Å². The minimum Gasteiger partial charge on any atom is -0.134 e. The topological polar surface area (TPSA) is 0 Å². The van der Waals surface area contributed by atoms with E-state index in [1.54, 1.807) is 0 Å². The van der Waals surface area contributed by atoms with Crippen molar-refractivity contribution in [3.8, 4) is 0 Å². The summed E-state index contributed by atoms with van der Waals surface area (Å²) in [6, 6.07) is 0. The van der Waals surface area contributed by atoms with E-state index in [2.05, 4.69) is 26.2 Å². The minimum atomic E-state index is 0.393. The van der Waals surface area contributed by atoms with Crippen LogP contribution in [0.15, 0.2) is 11.0 Å². The van der Waals surface area contributed by atoms with Crippen LogP contribution in [0.1, 0.15) is 26.7 Å². The third-order valence-corrected chi connectivity index (χ3v) is 2.94. The van der Waals surface area contributed by atoms with E-state index in [9.17, 15) is 0 Å². The molecule has 0 radical (unpaired) electrons. The summed E-state index contributed by atoms with van der Waals surface area (Å²) >= 11 is 7.03. The van der Waals surface area contributed by atoms with E-state index in [0.717, 1.165) is 11.3 Å². The minimum absolute atomic E-state index is 0.393. The van der Waals surface area contributed by atoms with Crippen molar-refractivity contribution >= 4 is 28.8 Å². The molecule has 0 aromatic carbocycles. The second kappa shape index (κ2) is 3.28. The zero-order valence-corrected chi connectivity index (χ0v) is 8.94. The van der Waals surface area contributed by atoms with Gasteiger partial charge >= 0.3 is 0 Å². The van der Waals surface area contributed by atoms with Crippen molar-refractivity contribution in [3.63, 3.8) is 0 Å². The summed E-state index contributed by atoms with van der Waals surface area (Å²) < 4.78 is 0. The van der Waals surface area contributed by atoms with E-state index in [1.807, 2.05) is 11.8 Å². The van der Waals surface area contributed by atoms with Gasteiger partial charge in [-0.05, 0) is 35.5 Å². The maximum absolute atomic E-state index is 5.21. The molecule has 0 unspecified atom stereocenters. The SMILES string of the molecule is CSC1=CC(=S)CC(C)(C)C1. The van der Waals surface area contributed by atoms with Gasteiger partial charge in [0.25, 0.3) is 0 Å². The highest BCUT2D eigenvalue weighted by molar-refractivity contribution is 8.02. The lowest BCUT2D eigenvalue weighted by atomic mass is 9.81. The van der Waals surface area contributed by atoms with Crippen molar-refractivity contribution in [1.29, 1.82) is 0 Å². The predicted molar refractivity (Wildman–Crippen MR) is 57.2 cm³/mol. The van der Waals surface area contributed by atoms with Crippen LogP contribution in [0, 0.1) is 5.41 Å². The summed E-state index contributed by atoms with van der Waals surface area (Å²) in [5.74, 6) is 0. The predicted octanol–water partition coefficient (Wildman–Crippen LogP) is 3.42. The Kier molecular flexibility index (Phi) is 2.76. The first-order valence-corrected chi connectivity index (χ1v) is 5.44. The Balaban J connectivity index is 2.78. The van der Waals surface area contributed by atoms with Crippen LogP contribution >= 0.6 is 24.0 Å². The van der Waals surface area contributed by atoms with Gasteiger partial charge in [0, 0.05) is 4.86 Å². The molecule has 0 atom stereocenters. The second-order valence-corrected chi connectivity index (χ2v) is 5.26. The largest absolute Gasteiger partial charge is 0.134 e. The molecule has 0 aromatic rings. The quantitative estimate of drug-likeness (QED) is 0.575. The fourth-order valence-electron chi connectivity index (χ4n) is 1.42. The third-order valence-electron chi connectivity index (χ3n) is 1.89. The number of thioether (sulfide) groups is 1. The van der Waals surface area contributed by atoms with Crippen LogP contribution in [-0.4, -0.2) is 11.1 Å². The maximum Gasteiger partial charge on any atom is 0.0165 e. The van der Waals surface area contributed by atoms with Gasteiger partial charge in [0.2, 0.25) is 0 Å². The number of allylic oxidation sites excluding steroid dienone is 2. The van der Waals surface area contributed by atoms with Gasteiger partial charge in [0.15, 0.2) is 0 Å². The summed E-state index contributed by atoms with van der Waals surface area (Å²) in [6.45, 7) is 4.56. The Hall–Kier alpha value is 0.180. The smallest absolute Gasteiger partial charge is 0.0165 e. The molecular weight excluding hydrogens is 172 g/mol. The first kappa shape index (κ1) is 9.27. The van der Waals surface area contributed by atoms with Crippen molar-refractivity contribution in [1.82, 2.24) is 0 Å². The summed E-state index contributed by atoms with van der Waals surface area (Å²) in [6.07, 6.45) is 6.54. The monoisotopic (exact) mass is 186 g/mol. The van der Waals surface area contributed by atoms with Gasteiger partial charge in [-0.15, -0.1) is 11.8 Å². The highest BCUT2D eigenvalue weighted by Crippen LogP contribution is 2.37. The molecule has 0 spiro atoms. The number of hydrogen-bond acceptors (Lipinski definition) is 2. The van der Waals surface area contributed by atoms with Gasteiger partial charge < -0.3 is 0 Å². The molecule has 0 aromatic heterocycles. The van der Waals surface area contributed by atoms with E-state index in [0.29, 0.717) is 5.41 Å². The van der Waals surface area contributed by atoms with Crippen molar-refractivity contribution in [3.05, 3.63) is 11.0 Å². The molecular formula is C9H14S2. The van der Waals surface area contributed by atoms with E-state index in [1.165, 1.54) is 11.3 Å². The summed E-state index contributed by atoms with van der Waals surface area (Å²) in [5, 5.41) is 0. The third kappa shape index (κ3) is 2.60. The molecule has 1 aliphatic carbocycles. The molecule has 0 fully saturated rings. The fraction of sp³-hybridized carbons (Fsp3) is 0.667. The van der Waals surface area contributed by atoms with E-state index < -0.39 is 0 Å². The van der Waals surface area contributed by atoms with Gasteiger partial charge in [0.05, 0.1) is 0 Å². The average molecular weight is 186 g/mol. The van der Waals surface area contributed by atoms with E-state index in [-0.39, 0.29) is 0 Å². The van der Waals surface area contributed by atoms with E-state index >= 15 is 0 Å². The standard InChI is InChI=1S/C9H14S2/c1-9(2)5-7(10)4-8(6-9)11-3/h4H,5-6H2,1-3H3. The Morgan fingerprint density at radius 2 is 2.09 bits per heavy atom. The van der Waals surface area contributed by atoms with Gasteiger partial charge in [-0.1, -0.05) is 26.1 Å². The molecule has 2 heteroatoms. The van der Waals surface area contributed by atoms with Crippen molar-refractivity contribution in [2.45, 2.75) is 26.7 Å². The van der Waals surface area contributed by atoms with Gasteiger partial charge in [-0.25, -0.2) is 0 Å². The second-order valence-electron chi connectivity index (χ2n) is 3.80. The molecule has 0 aliphatic heterocycles. The normalized spacial score (nSPS) is 23.2. The van der Waals surface area contributed by atoms with Crippen LogP contribution in [0.3, 0.4) is 0 Å². The Labute approximate surface area is 78.4 Å². The number of rotatable bonds is 1. The Morgan fingerprint density at radius 3 is 2.55 bits per heavy atom. The highest BCUT2D eigenvalue weighted by atomic mass is 32.2. The van der Waals surface area contributed by atoms with Crippen molar-refractivity contribution < 1.29 is 0 Å². The molecule has 0 nitrogen and oxygen atoms in total. The Morgan fingerprint density at radius 1 is 1.45 bits per heavy atom. The van der Waals surface area contributed by atoms with Crippen molar-refractivity contribution in [2.24, 2.45) is 5.41 Å². The first-order chi connectivity index (χ1) is 5.03. The first-order valence-electron chi connectivity index (χ1n) is 3.81. The van der Waals surface area contributed by atoms with Crippen LogP contribution in [0.25, 0.3) is 0 Å². The summed E-state index contributed by atoms with van der Waals surface area (Å²) in [7, 11) is 0. The average Bonchev–Trinajstić information content (AvgIpc) is 1.83. The van der Waals surface area contributed by atoms with Gasteiger partial charge in [0.1, 0.15) is 0 Å². The zero-order chi connectivity index (χ0) is 8.48. The summed E-state index contributed by atoms with van der Waals surface area (Å²) in [4.78, 5) is 2.55. The highest BCUT2D eigenvalue weighted by Gasteiger charge is 2.24.